The van der Waals surface area contributed by atoms with Crippen LogP contribution in [0.4, 0.5) is 0 Å². The number of hydrogen-bond acceptors (Lipinski definition) is 3. The third-order valence-corrected chi connectivity index (χ3v) is 7.78. The minimum Gasteiger partial charge on any atom is -0.361 e. The Kier molecular flexibility index (Phi) is 4.39. The summed E-state index contributed by atoms with van der Waals surface area (Å²) in [5, 5.41) is 0.967. The van der Waals surface area contributed by atoms with Crippen LogP contribution in [0.2, 0.25) is 0 Å². The Labute approximate surface area is 181 Å². The van der Waals surface area contributed by atoms with Crippen molar-refractivity contribution in [2.45, 2.75) is 30.2 Å². The van der Waals surface area contributed by atoms with Crippen LogP contribution >= 0.6 is 0 Å². The van der Waals surface area contributed by atoms with Gasteiger partial charge in [-0.1, -0.05) is 60.2 Å². The minimum atomic E-state index is -3.91. The molecule has 4 aromatic rings. The molecule has 1 aliphatic rings. The Morgan fingerprint density at radius 1 is 0.903 bits per heavy atom. The van der Waals surface area contributed by atoms with Gasteiger partial charge in [0.1, 0.15) is 0 Å². The quantitative estimate of drug-likeness (QED) is 0.506. The minimum absolute atomic E-state index is 0.142. The van der Waals surface area contributed by atoms with Crippen molar-refractivity contribution in [3.05, 3.63) is 101 Å². The average molecular weight is 431 g/mol. The maximum Gasteiger partial charge on any atom is 0.241 e. The molecule has 2 atom stereocenters. The number of H-pyrrole nitrogens is 1. The van der Waals surface area contributed by atoms with Crippen molar-refractivity contribution in [1.82, 2.24) is 9.71 Å². The predicted octanol–water partition coefficient (Wildman–Crippen LogP) is 4.33. The third kappa shape index (κ3) is 2.94. The number of sulfonamides is 1. The van der Waals surface area contributed by atoms with Crippen LogP contribution in [0.5, 0.6) is 0 Å². The molecule has 0 spiro atoms. The summed E-state index contributed by atoms with van der Waals surface area (Å²) in [4.78, 5) is 16.9. The number of para-hydroxylation sites is 1. The van der Waals surface area contributed by atoms with Crippen LogP contribution in [-0.2, 0) is 15.4 Å². The Morgan fingerprint density at radius 3 is 2.35 bits per heavy atom. The highest BCUT2D eigenvalue weighted by Crippen LogP contribution is 2.46. The fourth-order valence-corrected chi connectivity index (χ4v) is 5.92. The van der Waals surface area contributed by atoms with Gasteiger partial charge in [0, 0.05) is 28.1 Å². The highest BCUT2D eigenvalue weighted by Gasteiger charge is 2.52. The number of fused-ring (bicyclic) bond motifs is 2. The number of carbonyl (C=O) groups is 1. The third-order valence-electron chi connectivity index (χ3n) is 6.34. The number of aromatic amines is 1. The first-order chi connectivity index (χ1) is 14.8. The van der Waals surface area contributed by atoms with Crippen LogP contribution < -0.4 is 4.72 Å². The van der Waals surface area contributed by atoms with Crippen LogP contribution in [0.1, 0.15) is 34.0 Å². The van der Waals surface area contributed by atoms with Gasteiger partial charge in [-0.25, -0.2) is 8.42 Å². The molecule has 0 amide bonds. The topological polar surface area (TPSA) is 79.0 Å². The van der Waals surface area contributed by atoms with Gasteiger partial charge in [-0.3, -0.25) is 4.79 Å². The van der Waals surface area contributed by atoms with E-state index < -0.39 is 21.5 Å². The molecule has 156 valence electrons. The lowest BCUT2D eigenvalue weighted by molar-refractivity contribution is 0.0948. The Morgan fingerprint density at radius 2 is 1.58 bits per heavy atom. The van der Waals surface area contributed by atoms with E-state index in [4.69, 9.17) is 0 Å². The highest BCUT2D eigenvalue weighted by molar-refractivity contribution is 7.89. The second kappa shape index (κ2) is 6.90. The number of hydrogen-bond donors (Lipinski definition) is 2. The van der Waals surface area contributed by atoms with Gasteiger partial charge in [0.05, 0.1) is 10.9 Å². The monoisotopic (exact) mass is 430 g/mol. The van der Waals surface area contributed by atoms with Crippen molar-refractivity contribution >= 4 is 26.7 Å². The summed E-state index contributed by atoms with van der Waals surface area (Å²) in [6, 6.07) is 20.9. The zero-order chi connectivity index (χ0) is 21.8. The molecule has 0 saturated heterocycles. The molecule has 2 N–H and O–H groups in total. The summed E-state index contributed by atoms with van der Waals surface area (Å²) >= 11 is 0. The van der Waals surface area contributed by atoms with Gasteiger partial charge in [-0.05, 0) is 43.2 Å². The van der Waals surface area contributed by atoms with Gasteiger partial charge in [0.15, 0.2) is 5.78 Å². The normalized spacial score (nSPS) is 20.8. The smallest absolute Gasteiger partial charge is 0.241 e. The molecule has 1 aliphatic carbocycles. The van der Waals surface area contributed by atoms with Crippen LogP contribution in [0.25, 0.3) is 10.9 Å². The van der Waals surface area contributed by atoms with Crippen molar-refractivity contribution in [3.63, 3.8) is 0 Å². The molecule has 6 heteroatoms. The van der Waals surface area contributed by atoms with Crippen molar-refractivity contribution < 1.29 is 13.2 Å². The van der Waals surface area contributed by atoms with Gasteiger partial charge in [-0.2, -0.15) is 4.72 Å². The zero-order valence-electron chi connectivity index (χ0n) is 17.2. The van der Waals surface area contributed by atoms with Gasteiger partial charge in [0.2, 0.25) is 10.0 Å². The van der Waals surface area contributed by atoms with E-state index in [2.05, 4.69) is 9.71 Å². The number of Topliss-reactive ketones (excluding diaryl/α,β-unsaturated/α-hetero) is 1. The first-order valence-corrected chi connectivity index (χ1v) is 11.6. The number of rotatable bonds is 4. The van der Waals surface area contributed by atoms with Gasteiger partial charge >= 0.3 is 0 Å². The lowest BCUT2D eigenvalue weighted by Gasteiger charge is -2.32. The van der Waals surface area contributed by atoms with Crippen LogP contribution in [0.15, 0.2) is 83.9 Å². The van der Waals surface area contributed by atoms with Crippen LogP contribution in [0, 0.1) is 6.92 Å². The maximum atomic E-state index is 13.5. The Bertz CT molecular complexity index is 1420. The molecule has 0 bridgehead atoms. The number of aryl methyl sites for hydroxylation is 1. The van der Waals surface area contributed by atoms with E-state index in [0.717, 1.165) is 27.6 Å². The van der Waals surface area contributed by atoms with Crippen LogP contribution in [0.3, 0.4) is 0 Å². The molecule has 0 saturated carbocycles. The lowest BCUT2D eigenvalue weighted by atomic mass is 9.74. The number of benzene rings is 3. The molecule has 31 heavy (non-hydrogen) atoms. The van der Waals surface area contributed by atoms with E-state index in [9.17, 15) is 13.2 Å². The van der Waals surface area contributed by atoms with Gasteiger partial charge in [-0.15, -0.1) is 0 Å². The van der Waals surface area contributed by atoms with Gasteiger partial charge in [0.25, 0.3) is 0 Å². The number of aromatic nitrogens is 1. The molecule has 1 heterocycles. The van der Waals surface area contributed by atoms with Gasteiger partial charge < -0.3 is 4.98 Å². The highest BCUT2D eigenvalue weighted by atomic mass is 32.2. The Balaban J connectivity index is 1.69. The van der Waals surface area contributed by atoms with Crippen molar-refractivity contribution in [2.75, 3.05) is 0 Å². The van der Waals surface area contributed by atoms with Crippen molar-refractivity contribution in [1.29, 1.82) is 0 Å². The summed E-state index contributed by atoms with van der Waals surface area (Å²) < 4.78 is 29.2. The standard InChI is InChI=1S/C25H22N2O3S/c1-16-11-13-17(14-12-16)31(29,30)27-24-23(28)19-8-3-5-9-20(19)25(24,2)21-15-26-22-10-6-4-7-18(21)22/h3-15,24,26-27H,1-2H3/t24-,25+/m0/s1. The van der Waals surface area contributed by atoms with Crippen molar-refractivity contribution in [3.8, 4) is 0 Å². The summed E-state index contributed by atoms with van der Waals surface area (Å²) in [7, 11) is -3.91. The first-order valence-electron chi connectivity index (χ1n) is 10.1. The van der Waals surface area contributed by atoms with E-state index in [0.29, 0.717) is 5.56 Å². The number of carbonyl (C=O) groups excluding carboxylic acids is 1. The summed E-state index contributed by atoms with van der Waals surface area (Å²) in [5.74, 6) is -0.223. The van der Waals surface area contributed by atoms with E-state index in [1.807, 2.05) is 62.5 Å². The summed E-state index contributed by atoms with van der Waals surface area (Å²) in [5.41, 5.74) is 3.29. The predicted molar refractivity (Wildman–Crippen MR) is 121 cm³/mol. The second-order valence-corrected chi connectivity index (χ2v) is 9.94. The molecule has 1 aromatic heterocycles. The summed E-state index contributed by atoms with van der Waals surface area (Å²) in [6.45, 7) is 3.84. The van der Waals surface area contributed by atoms with E-state index in [-0.39, 0.29) is 10.7 Å². The molecule has 5 nitrogen and oxygen atoms in total. The average Bonchev–Trinajstić information content (AvgIpc) is 3.29. The van der Waals surface area contributed by atoms with E-state index in [1.165, 1.54) is 0 Å². The molecule has 0 radical (unpaired) electrons. The molecule has 0 fully saturated rings. The zero-order valence-corrected chi connectivity index (χ0v) is 18.0. The van der Waals surface area contributed by atoms with Crippen LogP contribution in [-0.4, -0.2) is 25.2 Å². The molecule has 5 rings (SSSR count). The fraction of sp³-hybridized carbons (Fsp3) is 0.160. The SMILES string of the molecule is Cc1ccc(S(=O)(=O)N[C@H]2C(=O)c3ccccc3[C@]2(C)c2c[nH]c3ccccc23)cc1. The number of ketones is 1. The summed E-state index contributed by atoms with van der Waals surface area (Å²) in [6.07, 6.45) is 1.88. The maximum absolute atomic E-state index is 13.5. The molecule has 0 unspecified atom stereocenters. The molecular formula is C25H22N2O3S. The molecule has 0 aliphatic heterocycles. The number of nitrogens with one attached hydrogen (secondary N) is 2. The fourth-order valence-electron chi connectivity index (χ4n) is 4.64. The van der Waals surface area contributed by atoms with Crippen molar-refractivity contribution in [2.24, 2.45) is 0 Å². The molecule has 3 aromatic carbocycles. The molecular weight excluding hydrogens is 408 g/mol. The largest absolute Gasteiger partial charge is 0.361 e. The lowest BCUT2D eigenvalue weighted by Crippen LogP contribution is -2.49. The van der Waals surface area contributed by atoms with E-state index in [1.54, 1.807) is 30.3 Å². The first kappa shape index (κ1) is 19.7. The second-order valence-electron chi connectivity index (χ2n) is 8.23. The van der Waals surface area contributed by atoms with E-state index >= 15 is 0 Å². The Hall–Kier alpha value is -3.22.